The van der Waals surface area contributed by atoms with Crippen LogP contribution >= 0.6 is 0 Å². The number of rotatable bonds is 48. The molecule has 0 aromatic heterocycles. The van der Waals surface area contributed by atoms with Crippen LogP contribution < -0.4 is 5.32 Å². The molecule has 0 aromatic carbocycles. The van der Waals surface area contributed by atoms with Gasteiger partial charge >= 0.3 is 0 Å². The number of hydrogen-bond acceptors (Lipinski definition) is 3. The van der Waals surface area contributed by atoms with Crippen molar-refractivity contribution in [1.29, 1.82) is 0 Å². The van der Waals surface area contributed by atoms with Crippen molar-refractivity contribution in [2.45, 2.75) is 276 Å². The quantitative estimate of drug-likeness (QED) is 0.0422. The zero-order chi connectivity index (χ0) is 44.2. The minimum atomic E-state index is -0.879. The number of aliphatic hydroxyl groups excluding tert-OH is 2. The van der Waals surface area contributed by atoms with E-state index in [0.29, 0.717) is 6.42 Å². The second-order valence-corrected chi connectivity index (χ2v) is 17.9. The third kappa shape index (κ3) is 48.7. The molecular weight excluding hydrogens is 747 g/mol. The van der Waals surface area contributed by atoms with E-state index >= 15 is 0 Å². The molecule has 0 rings (SSSR count). The maximum atomic E-state index is 12.4. The smallest absolute Gasteiger partial charge is 0.220 e. The Bertz CT molecular complexity index is 1050. The van der Waals surface area contributed by atoms with E-state index in [1.165, 1.54) is 173 Å². The topological polar surface area (TPSA) is 69.6 Å². The Labute approximate surface area is 380 Å². The summed E-state index contributed by atoms with van der Waals surface area (Å²) >= 11 is 0. The van der Waals surface area contributed by atoms with Crippen LogP contribution in [0, 0.1) is 0 Å². The van der Waals surface area contributed by atoms with Gasteiger partial charge in [0.05, 0.1) is 18.8 Å². The Kier molecular flexibility index (Phi) is 50.3. The number of carbonyl (C=O) groups excluding carboxylic acids is 1. The number of amides is 1. The molecule has 0 aliphatic rings. The number of hydrogen-bond donors (Lipinski definition) is 3. The minimum Gasteiger partial charge on any atom is -0.394 e. The molecule has 354 valence electrons. The van der Waals surface area contributed by atoms with Crippen molar-refractivity contribution in [1.82, 2.24) is 5.32 Å². The van der Waals surface area contributed by atoms with Gasteiger partial charge in [0, 0.05) is 6.42 Å². The van der Waals surface area contributed by atoms with E-state index in [9.17, 15) is 15.0 Å². The Morgan fingerprint density at radius 2 is 0.738 bits per heavy atom. The summed E-state index contributed by atoms with van der Waals surface area (Å²) < 4.78 is 0. The second kappa shape index (κ2) is 52.2. The molecule has 3 N–H and O–H groups in total. The molecule has 0 radical (unpaired) electrons. The maximum Gasteiger partial charge on any atom is 0.220 e. The van der Waals surface area contributed by atoms with Gasteiger partial charge in [-0.05, 0) is 77.0 Å². The lowest BCUT2D eigenvalue weighted by Gasteiger charge is -2.19. The first-order valence-corrected chi connectivity index (χ1v) is 26.7. The average Bonchev–Trinajstić information content (AvgIpc) is 3.26. The van der Waals surface area contributed by atoms with E-state index in [4.69, 9.17) is 0 Å². The summed E-state index contributed by atoms with van der Waals surface area (Å²) in [6, 6.07) is -0.655. The maximum absolute atomic E-state index is 12.4. The van der Waals surface area contributed by atoms with Gasteiger partial charge in [0.1, 0.15) is 0 Å². The molecule has 0 aliphatic carbocycles. The van der Waals surface area contributed by atoms with Crippen molar-refractivity contribution in [2.24, 2.45) is 0 Å². The third-order valence-corrected chi connectivity index (χ3v) is 11.9. The lowest BCUT2D eigenvalue weighted by molar-refractivity contribution is -0.123. The number of aliphatic hydroxyl groups is 2. The number of allylic oxidation sites excluding steroid dienone is 11. The van der Waals surface area contributed by atoms with Crippen LogP contribution in [0.5, 0.6) is 0 Å². The Balaban J connectivity index is 3.56. The zero-order valence-electron chi connectivity index (χ0n) is 40.7. The summed E-state index contributed by atoms with van der Waals surface area (Å²) in [5, 5.41) is 23.1. The van der Waals surface area contributed by atoms with Crippen LogP contribution in [0.4, 0.5) is 0 Å². The SMILES string of the molecule is CC/C=C\C/C=C\C/C=C\CCCCCCCCCC(=O)NC(CO)C(O)/C=C/CC/C=C/CC/C=C/CCCCCCCCCCCCCCCCCCCCCCCC. The predicted octanol–water partition coefficient (Wildman–Crippen LogP) is 17.4. The summed E-state index contributed by atoms with van der Waals surface area (Å²) in [6.07, 6.45) is 74.9. The lowest BCUT2D eigenvalue weighted by atomic mass is 10.0. The molecule has 4 heteroatoms. The molecule has 0 bridgehead atoms. The van der Waals surface area contributed by atoms with Crippen LogP contribution in [-0.4, -0.2) is 34.9 Å². The molecule has 0 heterocycles. The van der Waals surface area contributed by atoms with Gasteiger partial charge in [0.15, 0.2) is 0 Å². The molecule has 0 fully saturated rings. The molecule has 0 aliphatic heterocycles. The number of nitrogens with one attached hydrogen (secondary N) is 1. The standard InChI is InChI=1S/C57H103NO3/c1-3-5-7-9-11-13-15-17-19-21-22-23-24-25-26-27-28-29-30-31-32-33-34-35-37-38-40-42-44-46-48-50-52-56(60)55(54-59)58-57(61)53-51-49-47-45-43-41-39-36-20-18-16-14-12-10-8-6-4-2/h6,8,12,14,18,20,35,37,42,44,50,52,55-56,59-60H,3-5,7,9-11,13,15-17,19,21-34,36,38-41,43,45-49,51,53-54H2,1-2H3,(H,58,61)/b8-6-,14-12-,20-18-,37-35+,44-42+,52-50+. The van der Waals surface area contributed by atoms with Crippen molar-refractivity contribution < 1.29 is 15.0 Å². The van der Waals surface area contributed by atoms with Gasteiger partial charge in [-0.2, -0.15) is 0 Å². The van der Waals surface area contributed by atoms with Gasteiger partial charge < -0.3 is 15.5 Å². The van der Waals surface area contributed by atoms with E-state index in [1.807, 2.05) is 6.08 Å². The van der Waals surface area contributed by atoms with Crippen molar-refractivity contribution in [3.05, 3.63) is 72.9 Å². The molecule has 0 saturated heterocycles. The summed E-state index contributed by atoms with van der Waals surface area (Å²) in [7, 11) is 0. The summed E-state index contributed by atoms with van der Waals surface area (Å²) in [4.78, 5) is 12.4. The Morgan fingerprint density at radius 3 is 1.15 bits per heavy atom. The average molecular weight is 850 g/mol. The highest BCUT2D eigenvalue weighted by Gasteiger charge is 2.17. The van der Waals surface area contributed by atoms with E-state index in [0.717, 1.165) is 70.6 Å². The van der Waals surface area contributed by atoms with E-state index in [2.05, 4.69) is 79.9 Å². The van der Waals surface area contributed by atoms with Gasteiger partial charge in [-0.3, -0.25) is 4.79 Å². The first-order valence-electron chi connectivity index (χ1n) is 26.7. The predicted molar refractivity (Wildman–Crippen MR) is 271 cm³/mol. The van der Waals surface area contributed by atoms with Gasteiger partial charge in [0.25, 0.3) is 0 Å². The van der Waals surface area contributed by atoms with Crippen molar-refractivity contribution in [3.63, 3.8) is 0 Å². The fourth-order valence-corrected chi connectivity index (χ4v) is 7.87. The highest BCUT2D eigenvalue weighted by Crippen LogP contribution is 2.16. The van der Waals surface area contributed by atoms with Gasteiger partial charge in [-0.15, -0.1) is 0 Å². The van der Waals surface area contributed by atoms with E-state index < -0.39 is 12.1 Å². The monoisotopic (exact) mass is 850 g/mol. The Hall–Kier alpha value is -2.17. The molecule has 2 unspecified atom stereocenters. The number of carbonyl (C=O) groups is 1. The molecule has 4 nitrogen and oxygen atoms in total. The van der Waals surface area contributed by atoms with Crippen molar-refractivity contribution in [3.8, 4) is 0 Å². The third-order valence-electron chi connectivity index (χ3n) is 11.9. The summed E-state index contributed by atoms with van der Waals surface area (Å²) in [5.41, 5.74) is 0. The Morgan fingerprint density at radius 1 is 0.410 bits per heavy atom. The molecule has 2 atom stereocenters. The zero-order valence-corrected chi connectivity index (χ0v) is 40.7. The lowest BCUT2D eigenvalue weighted by Crippen LogP contribution is -2.45. The van der Waals surface area contributed by atoms with Gasteiger partial charge in [-0.1, -0.05) is 254 Å². The highest BCUT2D eigenvalue weighted by atomic mass is 16.3. The first kappa shape index (κ1) is 58.8. The molecule has 0 saturated carbocycles. The van der Waals surface area contributed by atoms with E-state index in [1.54, 1.807) is 6.08 Å². The second-order valence-electron chi connectivity index (χ2n) is 17.9. The van der Waals surface area contributed by atoms with Crippen LogP contribution in [0.15, 0.2) is 72.9 Å². The summed E-state index contributed by atoms with van der Waals surface area (Å²) in [5.74, 6) is -0.0893. The summed E-state index contributed by atoms with van der Waals surface area (Å²) in [6.45, 7) is 4.19. The molecule has 61 heavy (non-hydrogen) atoms. The van der Waals surface area contributed by atoms with Crippen molar-refractivity contribution in [2.75, 3.05) is 6.61 Å². The normalized spacial score (nSPS) is 13.4. The fourth-order valence-electron chi connectivity index (χ4n) is 7.87. The first-order chi connectivity index (χ1) is 30.2. The van der Waals surface area contributed by atoms with E-state index in [-0.39, 0.29) is 12.5 Å². The van der Waals surface area contributed by atoms with Crippen LogP contribution in [0.1, 0.15) is 264 Å². The van der Waals surface area contributed by atoms with Crippen LogP contribution in [0.3, 0.4) is 0 Å². The minimum absolute atomic E-state index is 0.0893. The van der Waals surface area contributed by atoms with Gasteiger partial charge in [-0.25, -0.2) is 0 Å². The molecule has 1 amide bonds. The number of unbranched alkanes of at least 4 members (excludes halogenated alkanes) is 31. The molecular formula is C57H103NO3. The van der Waals surface area contributed by atoms with Crippen LogP contribution in [-0.2, 0) is 4.79 Å². The van der Waals surface area contributed by atoms with Gasteiger partial charge in [0.2, 0.25) is 5.91 Å². The van der Waals surface area contributed by atoms with Crippen LogP contribution in [0.25, 0.3) is 0 Å². The van der Waals surface area contributed by atoms with Crippen LogP contribution in [0.2, 0.25) is 0 Å². The highest BCUT2D eigenvalue weighted by molar-refractivity contribution is 5.76. The van der Waals surface area contributed by atoms with Crippen molar-refractivity contribution >= 4 is 5.91 Å². The molecule has 0 aromatic rings. The largest absolute Gasteiger partial charge is 0.394 e. The molecule has 0 spiro atoms. The fraction of sp³-hybridized carbons (Fsp3) is 0.772.